The van der Waals surface area contributed by atoms with Crippen LogP contribution in [0.15, 0.2) is 0 Å². The molecule has 2 atom stereocenters. The third-order valence-corrected chi connectivity index (χ3v) is 1.72. The highest BCUT2D eigenvalue weighted by Gasteiger charge is 2.30. The summed E-state index contributed by atoms with van der Waals surface area (Å²) in [6.07, 6.45) is 1.49. The summed E-state index contributed by atoms with van der Waals surface area (Å²) in [5, 5.41) is 8.79. The lowest BCUT2D eigenvalue weighted by Crippen LogP contribution is -2.71. The third kappa shape index (κ3) is 3.06. The molecule has 1 aliphatic rings. The second kappa shape index (κ2) is 3.70. The van der Waals surface area contributed by atoms with Crippen molar-refractivity contribution >= 4 is 0 Å². The molecule has 0 radical (unpaired) electrons. The Morgan fingerprint density at radius 3 is 2.67 bits per heavy atom. The first kappa shape index (κ1) is 9.92. The zero-order valence-corrected chi connectivity index (χ0v) is 7.75. The molecule has 0 saturated carbocycles. The van der Waals surface area contributed by atoms with Gasteiger partial charge in [0, 0.05) is 20.3 Å². The zero-order valence-electron chi connectivity index (χ0n) is 7.75. The molecule has 0 spiro atoms. The smallest absolute Gasteiger partial charge is 0.195 e. The average molecular weight is 176 g/mol. The minimum atomic E-state index is -0.408. The summed E-state index contributed by atoms with van der Waals surface area (Å²) < 4.78 is 10.9. The molecule has 4 heteroatoms. The molecule has 12 heavy (non-hydrogen) atoms. The van der Waals surface area contributed by atoms with Gasteiger partial charge in [-0.05, 0) is 6.42 Å². The number of quaternary nitrogens is 1. The topological polar surface area (TPSA) is 66.3 Å². The Balaban J connectivity index is 2.28. The van der Waals surface area contributed by atoms with E-state index in [0.717, 1.165) is 12.8 Å². The van der Waals surface area contributed by atoms with Gasteiger partial charge in [0.1, 0.15) is 0 Å². The van der Waals surface area contributed by atoms with Gasteiger partial charge in [-0.15, -0.1) is 0 Å². The number of hydrogen-bond acceptors (Lipinski definition) is 3. The van der Waals surface area contributed by atoms with Gasteiger partial charge in [-0.25, -0.2) is 0 Å². The molecule has 4 nitrogen and oxygen atoms in total. The predicted octanol–water partition coefficient (Wildman–Crippen LogP) is -0.522. The lowest BCUT2D eigenvalue weighted by Gasteiger charge is -2.21. The monoisotopic (exact) mass is 176 g/mol. The highest BCUT2D eigenvalue weighted by Crippen LogP contribution is 2.22. The van der Waals surface area contributed by atoms with Gasteiger partial charge >= 0.3 is 0 Å². The van der Waals surface area contributed by atoms with Gasteiger partial charge in [-0.1, -0.05) is 0 Å². The Hall–Kier alpha value is -0.160. The Labute approximate surface area is 72.6 Å². The molecule has 0 amide bonds. The largest absolute Gasteiger partial charge is 0.394 e. The van der Waals surface area contributed by atoms with E-state index in [4.69, 9.17) is 14.6 Å². The molecule has 1 saturated heterocycles. The van der Waals surface area contributed by atoms with Crippen LogP contribution in [0.1, 0.15) is 26.7 Å². The number of ether oxygens (including phenoxy) is 2. The van der Waals surface area contributed by atoms with Gasteiger partial charge in [0.15, 0.2) is 12.0 Å². The first-order chi connectivity index (χ1) is 5.51. The van der Waals surface area contributed by atoms with Crippen LogP contribution in [0.25, 0.3) is 0 Å². The highest BCUT2D eigenvalue weighted by molar-refractivity contribution is 4.68. The van der Waals surface area contributed by atoms with Crippen LogP contribution in [-0.4, -0.2) is 29.8 Å². The lowest BCUT2D eigenvalue weighted by atomic mass is 10.2. The Kier molecular flexibility index (Phi) is 3.06. The second-order valence-corrected chi connectivity index (χ2v) is 3.83. The number of rotatable bonds is 3. The molecular weight excluding hydrogens is 158 g/mol. The van der Waals surface area contributed by atoms with Crippen molar-refractivity contribution in [2.45, 2.75) is 44.8 Å². The van der Waals surface area contributed by atoms with Crippen LogP contribution >= 0.6 is 0 Å². The van der Waals surface area contributed by atoms with E-state index < -0.39 is 5.72 Å². The van der Waals surface area contributed by atoms with Crippen molar-refractivity contribution in [2.75, 3.05) is 6.61 Å². The fourth-order valence-electron chi connectivity index (χ4n) is 1.25. The first-order valence-corrected chi connectivity index (χ1v) is 4.31. The standard InChI is InChI=1S/C8H17NO3/c1-8(2,9)12-7-4-3-6(5-10)11-7/h6-7,10H,3-5,9H2,1-2H3/p+1/t6-,7+/m0/s1. The SMILES string of the molecule is CC(C)([NH3+])O[C@@H]1CC[C@@H](CO)O1. The molecule has 72 valence electrons. The van der Waals surface area contributed by atoms with Crippen molar-refractivity contribution in [1.29, 1.82) is 0 Å². The van der Waals surface area contributed by atoms with Crippen LogP contribution < -0.4 is 5.73 Å². The van der Waals surface area contributed by atoms with Crippen molar-refractivity contribution in [1.82, 2.24) is 0 Å². The van der Waals surface area contributed by atoms with Crippen LogP contribution in [0.2, 0.25) is 0 Å². The maximum absolute atomic E-state index is 8.79. The van der Waals surface area contributed by atoms with E-state index in [9.17, 15) is 0 Å². The zero-order chi connectivity index (χ0) is 9.19. The molecule has 4 N–H and O–H groups in total. The van der Waals surface area contributed by atoms with Crippen LogP contribution in [0.4, 0.5) is 0 Å². The molecule has 0 aromatic rings. The molecule has 1 fully saturated rings. The maximum Gasteiger partial charge on any atom is 0.195 e. The minimum absolute atomic E-state index is 0.0441. The van der Waals surface area contributed by atoms with Crippen LogP contribution in [0, 0.1) is 0 Å². The highest BCUT2D eigenvalue weighted by atomic mass is 16.7. The third-order valence-electron chi connectivity index (χ3n) is 1.72. The van der Waals surface area contributed by atoms with Crippen LogP contribution in [0.5, 0.6) is 0 Å². The van der Waals surface area contributed by atoms with Crippen molar-refractivity contribution in [3.8, 4) is 0 Å². The van der Waals surface area contributed by atoms with Gasteiger partial charge < -0.3 is 15.6 Å². The minimum Gasteiger partial charge on any atom is -0.394 e. The summed E-state index contributed by atoms with van der Waals surface area (Å²) in [7, 11) is 0. The van der Waals surface area contributed by atoms with Crippen LogP contribution in [-0.2, 0) is 9.47 Å². The molecular formula is C8H18NO3+. The Bertz CT molecular complexity index is 144. The van der Waals surface area contributed by atoms with Crippen molar-refractivity contribution in [2.24, 2.45) is 0 Å². The molecule has 0 aromatic carbocycles. The summed E-state index contributed by atoms with van der Waals surface area (Å²) in [5.41, 5.74) is 3.41. The van der Waals surface area contributed by atoms with E-state index in [1.165, 1.54) is 0 Å². The van der Waals surface area contributed by atoms with E-state index in [1.807, 2.05) is 13.8 Å². The summed E-state index contributed by atoms with van der Waals surface area (Å²) in [4.78, 5) is 0. The molecule has 1 aliphatic heterocycles. The van der Waals surface area contributed by atoms with E-state index in [0.29, 0.717) is 0 Å². The molecule has 1 heterocycles. The predicted molar refractivity (Wildman–Crippen MR) is 43.0 cm³/mol. The van der Waals surface area contributed by atoms with Gasteiger partial charge in [0.25, 0.3) is 0 Å². The second-order valence-electron chi connectivity index (χ2n) is 3.83. The summed E-state index contributed by atoms with van der Waals surface area (Å²) in [6.45, 7) is 3.86. The van der Waals surface area contributed by atoms with E-state index in [-0.39, 0.29) is 19.0 Å². The molecule has 0 aromatic heterocycles. The van der Waals surface area contributed by atoms with Gasteiger partial charge in [-0.2, -0.15) is 0 Å². The van der Waals surface area contributed by atoms with Crippen molar-refractivity contribution in [3.63, 3.8) is 0 Å². The fourth-order valence-corrected chi connectivity index (χ4v) is 1.25. The van der Waals surface area contributed by atoms with E-state index in [1.54, 1.807) is 0 Å². The number of aliphatic hydroxyl groups is 1. The molecule has 0 unspecified atom stereocenters. The first-order valence-electron chi connectivity index (χ1n) is 4.31. The van der Waals surface area contributed by atoms with Gasteiger partial charge in [0.2, 0.25) is 0 Å². The normalized spacial score (nSPS) is 31.0. The summed E-state index contributed by atoms with van der Waals surface area (Å²) >= 11 is 0. The van der Waals surface area contributed by atoms with E-state index in [2.05, 4.69) is 5.73 Å². The van der Waals surface area contributed by atoms with Gasteiger partial charge in [-0.3, -0.25) is 4.74 Å². The summed E-state index contributed by atoms with van der Waals surface area (Å²) in [5.74, 6) is 0. The van der Waals surface area contributed by atoms with Gasteiger partial charge in [0.05, 0.1) is 12.7 Å². The van der Waals surface area contributed by atoms with E-state index >= 15 is 0 Å². The van der Waals surface area contributed by atoms with Crippen molar-refractivity contribution < 1.29 is 20.3 Å². The Morgan fingerprint density at radius 1 is 1.58 bits per heavy atom. The quantitative estimate of drug-likeness (QED) is 0.568. The maximum atomic E-state index is 8.79. The lowest BCUT2D eigenvalue weighted by molar-refractivity contribution is -0.557. The molecule has 0 aliphatic carbocycles. The molecule has 1 rings (SSSR count). The molecule has 0 bridgehead atoms. The van der Waals surface area contributed by atoms with Crippen molar-refractivity contribution in [3.05, 3.63) is 0 Å². The fraction of sp³-hybridized carbons (Fsp3) is 1.00. The average Bonchev–Trinajstić information content (AvgIpc) is 2.32. The number of hydrogen-bond donors (Lipinski definition) is 2. The Morgan fingerprint density at radius 2 is 2.25 bits per heavy atom. The van der Waals surface area contributed by atoms with Crippen LogP contribution in [0.3, 0.4) is 0 Å². The summed E-state index contributed by atoms with van der Waals surface area (Å²) in [6, 6.07) is 0. The number of aliphatic hydroxyl groups excluding tert-OH is 1.